The maximum Gasteiger partial charge on any atom is 0.148 e. The van der Waals surface area contributed by atoms with Gasteiger partial charge in [-0.15, -0.1) is 23.8 Å². The number of fused-ring (bicyclic) bond motifs is 1. The summed E-state index contributed by atoms with van der Waals surface area (Å²) >= 11 is 0. The molecule has 79 heavy (non-hydrogen) atoms. The number of pyridine rings is 1. The van der Waals surface area contributed by atoms with Gasteiger partial charge in [0.15, 0.2) is 0 Å². The van der Waals surface area contributed by atoms with Gasteiger partial charge >= 0.3 is 0 Å². The van der Waals surface area contributed by atoms with Crippen molar-refractivity contribution < 1.29 is 26.2 Å². The molecule has 2 heterocycles. The van der Waals surface area contributed by atoms with E-state index >= 15 is 0 Å². The van der Waals surface area contributed by atoms with E-state index in [0.29, 0.717) is 17.3 Å². The van der Waals surface area contributed by atoms with Gasteiger partial charge in [-0.2, -0.15) is 0 Å². The minimum Gasteiger partial charge on any atom is -0.507 e. The van der Waals surface area contributed by atoms with Crippen LogP contribution in [0.3, 0.4) is 0 Å². The van der Waals surface area contributed by atoms with Gasteiger partial charge in [-0.05, 0) is 99.7 Å². The molecule has 5 heteroatoms. The fourth-order valence-corrected chi connectivity index (χ4v) is 12.1. The summed E-state index contributed by atoms with van der Waals surface area (Å²) in [6, 6.07) is 94.0. The molecule has 0 spiro atoms. The second-order valence-electron chi connectivity index (χ2n) is 21.0. The van der Waals surface area contributed by atoms with Crippen molar-refractivity contribution in [2.24, 2.45) is 5.92 Å². The van der Waals surface area contributed by atoms with E-state index in [2.05, 4.69) is 224 Å². The summed E-state index contributed by atoms with van der Waals surface area (Å²) < 4.78 is 2.27. The van der Waals surface area contributed by atoms with Crippen LogP contribution in [0.15, 0.2) is 261 Å². The van der Waals surface area contributed by atoms with Crippen molar-refractivity contribution in [3.05, 3.63) is 289 Å². The van der Waals surface area contributed by atoms with Crippen molar-refractivity contribution in [3.63, 3.8) is 0 Å². The second-order valence-corrected chi connectivity index (χ2v) is 21.0. The van der Waals surface area contributed by atoms with Crippen LogP contribution in [0.25, 0.3) is 95.0 Å². The van der Waals surface area contributed by atoms with Crippen molar-refractivity contribution in [2.75, 3.05) is 0 Å². The number of benzene rings is 10. The van der Waals surface area contributed by atoms with Gasteiger partial charge < -0.3 is 5.11 Å². The zero-order valence-electron chi connectivity index (χ0n) is 44.0. The molecular weight excluding hydrogens is 1140 g/mol. The van der Waals surface area contributed by atoms with Crippen LogP contribution in [0.1, 0.15) is 54.9 Å². The predicted molar refractivity (Wildman–Crippen MR) is 322 cm³/mol. The van der Waals surface area contributed by atoms with E-state index in [9.17, 15) is 5.11 Å². The molecule has 1 aliphatic rings. The Balaban J connectivity index is 0.00000623. The van der Waals surface area contributed by atoms with Gasteiger partial charge in [0.2, 0.25) is 0 Å². The molecule has 0 saturated heterocycles. The average Bonchev–Trinajstić information content (AvgIpc) is 4.41. The van der Waals surface area contributed by atoms with Gasteiger partial charge in [0.1, 0.15) is 11.6 Å². The van der Waals surface area contributed by atoms with Gasteiger partial charge in [-0.3, -0.25) is 9.55 Å². The molecule has 10 aromatic carbocycles. The van der Waals surface area contributed by atoms with Crippen LogP contribution in [-0.2, 0) is 32.9 Å². The second kappa shape index (κ2) is 22.3. The molecule has 0 bridgehead atoms. The normalized spacial score (nSPS) is 12.6. The third-order valence-electron chi connectivity index (χ3n) is 16.2. The molecule has 0 unspecified atom stereocenters. The zero-order chi connectivity index (χ0) is 52.4. The summed E-state index contributed by atoms with van der Waals surface area (Å²) in [5, 5.41) is 12.5. The summed E-state index contributed by atoms with van der Waals surface area (Å²) in [5.41, 5.74) is 19.8. The molecule has 1 aliphatic carbocycles. The Hall–Kier alpha value is -8.69. The third kappa shape index (κ3) is 9.99. The standard InChI is InChI=1S/C74H58N3O.Pt/c1-74(61-29-13-5-14-30-61,62-31-15-6-16-32-62)63-40-38-54(39-41-63)57-43-44-75-68(50-57)60-48-58(53-23-7-2-8-24-53)47-59(49-60)64-33-20-36-70-71(64)76-73(66-35-19-34-65(72(66)78)55-25-9-3-10-26-55)77(70)69-42-37-52(45-51-21-17-18-22-51)46-67(69)56-27-11-4-12-28-56;/h2-16,19-20,23-44,46-48,50-51,78H,17-18,21-22,45H2,1H3;/q-1;. The van der Waals surface area contributed by atoms with E-state index in [4.69, 9.17) is 9.97 Å². The fourth-order valence-electron chi connectivity index (χ4n) is 12.1. The van der Waals surface area contributed by atoms with Crippen molar-refractivity contribution in [1.82, 2.24) is 14.5 Å². The molecule has 2 aromatic heterocycles. The Kier molecular flexibility index (Phi) is 14.4. The number of aromatic nitrogens is 3. The largest absolute Gasteiger partial charge is 0.507 e. The Labute approximate surface area is 478 Å². The first-order chi connectivity index (χ1) is 38.5. The van der Waals surface area contributed by atoms with Crippen molar-refractivity contribution in [3.8, 4) is 89.7 Å². The van der Waals surface area contributed by atoms with E-state index in [0.717, 1.165) is 90.0 Å². The van der Waals surface area contributed by atoms with Crippen LogP contribution in [0, 0.1) is 12.0 Å². The summed E-state index contributed by atoms with van der Waals surface area (Å²) in [6.45, 7) is 2.32. The Bertz CT molecular complexity index is 4020. The zero-order valence-corrected chi connectivity index (χ0v) is 46.3. The molecule has 1 N–H and O–H groups in total. The Morgan fingerprint density at radius 1 is 0.481 bits per heavy atom. The van der Waals surface area contributed by atoms with Crippen LogP contribution in [-0.4, -0.2) is 19.6 Å². The molecule has 1 saturated carbocycles. The number of rotatable bonds is 13. The Morgan fingerprint density at radius 3 is 1.68 bits per heavy atom. The molecule has 0 amide bonds. The van der Waals surface area contributed by atoms with Crippen LogP contribution < -0.4 is 0 Å². The minimum atomic E-state index is -0.344. The number of phenols is 1. The molecule has 1 fully saturated rings. The topological polar surface area (TPSA) is 50.9 Å². The molecule has 13 rings (SSSR count). The van der Waals surface area contributed by atoms with Crippen molar-refractivity contribution >= 4 is 11.0 Å². The van der Waals surface area contributed by atoms with Gasteiger partial charge in [-0.1, -0.05) is 255 Å². The number of hydrogen-bond donors (Lipinski definition) is 1. The fraction of sp³-hybridized carbons (Fsp3) is 0.108. The maximum atomic E-state index is 12.5. The van der Waals surface area contributed by atoms with Crippen molar-refractivity contribution in [2.45, 2.75) is 44.4 Å². The van der Waals surface area contributed by atoms with Crippen LogP contribution in [0.2, 0.25) is 0 Å². The van der Waals surface area contributed by atoms with E-state index in [1.807, 2.05) is 54.7 Å². The summed E-state index contributed by atoms with van der Waals surface area (Å²) in [6.07, 6.45) is 8.15. The molecule has 0 atom stereocenters. The number of phenolic OH excluding ortho intramolecular Hbond substituents is 1. The van der Waals surface area contributed by atoms with Crippen LogP contribution in [0.5, 0.6) is 5.75 Å². The van der Waals surface area contributed by atoms with Gasteiger partial charge in [0, 0.05) is 49.5 Å². The van der Waals surface area contributed by atoms with E-state index in [-0.39, 0.29) is 32.2 Å². The maximum absolute atomic E-state index is 12.5. The first-order valence-corrected chi connectivity index (χ1v) is 27.4. The molecule has 12 aromatic rings. The number of para-hydroxylation sites is 2. The SMILES string of the molecule is CC(c1ccccc1)(c1ccccc1)c1ccc(-c2ccnc(-c3[c-]c(-c4cccc5c4nc(-c4cccc(-c6ccccc6)c4O)n5-c4ccc(CC5CCCC5)cc4-c4ccccc4)cc(-c4ccccc4)c3)c2)cc1.[Pt]. The number of imidazole rings is 1. The quantitative estimate of drug-likeness (QED) is 0.0924. The van der Waals surface area contributed by atoms with Crippen LogP contribution >= 0.6 is 0 Å². The third-order valence-corrected chi connectivity index (χ3v) is 16.2. The van der Waals surface area contributed by atoms with E-state index < -0.39 is 0 Å². The molecule has 386 valence electrons. The average molecular weight is 1200 g/mol. The minimum absolute atomic E-state index is 0. The first kappa shape index (κ1) is 51.1. The summed E-state index contributed by atoms with van der Waals surface area (Å²) in [7, 11) is 0. The van der Waals surface area contributed by atoms with Gasteiger partial charge in [0.25, 0.3) is 0 Å². The molecule has 4 nitrogen and oxygen atoms in total. The van der Waals surface area contributed by atoms with Crippen LogP contribution in [0.4, 0.5) is 0 Å². The summed E-state index contributed by atoms with van der Waals surface area (Å²) in [4.78, 5) is 10.7. The molecule has 0 radical (unpaired) electrons. The first-order valence-electron chi connectivity index (χ1n) is 27.4. The Morgan fingerprint density at radius 2 is 1.03 bits per heavy atom. The monoisotopic (exact) mass is 1200 g/mol. The smallest absolute Gasteiger partial charge is 0.148 e. The predicted octanol–water partition coefficient (Wildman–Crippen LogP) is 18.7. The number of nitrogens with zero attached hydrogens (tertiary/aromatic N) is 3. The molecule has 0 aliphatic heterocycles. The van der Waals surface area contributed by atoms with Gasteiger partial charge in [0.05, 0.1) is 22.3 Å². The number of hydrogen-bond acceptors (Lipinski definition) is 3. The van der Waals surface area contributed by atoms with E-state index in [1.165, 1.54) is 47.9 Å². The molecular formula is C74H58N3OPt-. The van der Waals surface area contributed by atoms with E-state index in [1.54, 1.807) is 0 Å². The van der Waals surface area contributed by atoms with Crippen molar-refractivity contribution in [1.29, 1.82) is 0 Å². The summed E-state index contributed by atoms with van der Waals surface area (Å²) in [5.74, 6) is 1.53. The number of aromatic hydroxyl groups is 1. The van der Waals surface area contributed by atoms with Gasteiger partial charge in [-0.25, -0.2) is 4.98 Å².